The van der Waals surface area contributed by atoms with Crippen LogP contribution in [0.25, 0.3) is 0 Å². The Hall–Kier alpha value is -3.03. The van der Waals surface area contributed by atoms with Gasteiger partial charge in [-0.25, -0.2) is 0 Å². The quantitative estimate of drug-likeness (QED) is 0.798. The highest BCUT2D eigenvalue weighted by Crippen LogP contribution is 2.34. The van der Waals surface area contributed by atoms with E-state index in [4.69, 9.17) is 4.74 Å². The maximum Gasteiger partial charge on any atom is 0.418 e. The number of hydrogen-bond acceptors (Lipinski definition) is 3. The van der Waals surface area contributed by atoms with E-state index in [9.17, 15) is 22.8 Å². The summed E-state index contributed by atoms with van der Waals surface area (Å²) in [6.07, 6.45) is -4.64. The number of carbonyl (C=O) groups excluding carboxylic acids is 2. The second-order valence-electron chi connectivity index (χ2n) is 5.26. The summed E-state index contributed by atoms with van der Waals surface area (Å²) in [5.74, 6) is -1.53. The standard InChI is InChI=1S/C18H17F3N2O3/c1-2-26-13-9-7-12(8-10-13)11-22-16(24)17(25)23-15-6-4-3-5-14(15)18(19,20)21/h3-10H,2,11H2,1H3,(H,22,24)(H,23,25). The second kappa shape index (κ2) is 8.37. The van der Waals surface area contributed by atoms with Crippen molar-refractivity contribution in [1.29, 1.82) is 0 Å². The molecule has 0 atom stereocenters. The molecule has 26 heavy (non-hydrogen) atoms. The van der Waals surface area contributed by atoms with Crippen molar-refractivity contribution in [3.63, 3.8) is 0 Å². The topological polar surface area (TPSA) is 67.4 Å². The molecule has 0 bridgehead atoms. The predicted octanol–water partition coefficient (Wildman–Crippen LogP) is 3.36. The van der Waals surface area contributed by atoms with Crippen molar-refractivity contribution in [3.8, 4) is 5.75 Å². The van der Waals surface area contributed by atoms with Gasteiger partial charge in [-0.05, 0) is 36.8 Å². The summed E-state index contributed by atoms with van der Waals surface area (Å²) in [6.45, 7) is 2.43. The highest BCUT2D eigenvalue weighted by molar-refractivity contribution is 6.39. The predicted molar refractivity (Wildman–Crippen MR) is 89.5 cm³/mol. The van der Waals surface area contributed by atoms with Gasteiger partial charge in [0, 0.05) is 6.54 Å². The van der Waals surface area contributed by atoms with Crippen LogP contribution in [0.4, 0.5) is 18.9 Å². The fraction of sp³-hybridized carbons (Fsp3) is 0.222. The van der Waals surface area contributed by atoms with E-state index >= 15 is 0 Å². The maximum absolute atomic E-state index is 12.9. The number of benzene rings is 2. The van der Waals surface area contributed by atoms with Crippen molar-refractivity contribution in [1.82, 2.24) is 5.32 Å². The molecule has 2 N–H and O–H groups in total. The number of alkyl halides is 3. The van der Waals surface area contributed by atoms with Gasteiger partial charge in [0.1, 0.15) is 5.75 Å². The van der Waals surface area contributed by atoms with Gasteiger partial charge in [0.15, 0.2) is 0 Å². The molecule has 0 fully saturated rings. The molecule has 0 aliphatic rings. The first-order valence-electron chi connectivity index (χ1n) is 7.78. The third-order valence-corrected chi connectivity index (χ3v) is 3.37. The van der Waals surface area contributed by atoms with Gasteiger partial charge in [-0.2, -0.15) is 13.2 Å². The summed E-state index contributed by atoms with van der Waals surface area (Å²) in [6, 6.07) is 11.3. The number of ether oxygens (including phenoxy) is 1. The van der Waals surface area contributed by atoms with E-state index in [0.29, 0.717) is 17.9 Å². The van der Waals surface area contributed by atoms with Crippen molar-refractivity contribution in [3.05, 3.63) is 59.7 Å². The van der Waals surface area contributed by atoms with Crippen molar-refractivity contribution in [2.45, 2.75) is 19.6 Å². The van der Waals surface area contributed by atoms with Crippen LogP contribution in [0.1, 0.15) is 18.1 Å². The molecule has 0 aliphatic heterocycles. The molecule has 0 aliphatic carbocycles. The fourth-order valence-corrected chi connectivity index (χ4v) is 2.15. The van der Waals surface area contributed by atoms with E-state index in [0.717, 1.165) is 12.1 Å². The van der Waals surface area contributed by atoms with Crippen molar-refractivity contribution in [2.75, 3.05) is 11.9 Å². The van der Waals surface area contributed by atoms with Crippen molar-refractivity contribution >= 4 is 17.5 Å². The highest BCUT2D eigenvalue weighted by atomic mass is 19.4. The molecule has 5 nitrogen and oxygen atoms in total. The Morgan fingerprint density at radius 3 is 2.27 bits per heavy atom. The third kappa shape index (κ3) is 5.23. The van der Waals surface area contributed by atoms with Crippen LogP contribution in [0, 0.1) is 0 Å². The van der Waals surface area contributed by atoms with Crippen LogP contribution >= 0.6 is 0 Å². The molecule has 0 saturated heterocycles. The molecular weight excluding hydrogens is 349 g/mol. The van der Waals surface area contributed by atoms with Gasteiger partial charge in [0.2, 0.25) is 0 Å². The first kappa shape index (κ1) is 19.3. The van der Waals surface area contributed by atoms with Gasteiger partial charge in [-0.1, -0.05) is 24.3 Å². The molecule has 0 aromatic heterocycles. The molecule has 2 aromatic rings. The van der Waals surface area contributed by atoms with Crippen LogP contribution in [0.15, 0.2) is 48.5 Å². The average Bonchev–Trinajstić information content (AvgIpc) is 2.60. The number of carbonyl (C=O) groups is 2. The first-order valence-corrected chi connectivity index (χ1v) is 7.78. The summed E-state index contributed by atoms with van der Waals surface area (Å²) in [4.78, 5) is 23.7. The Kier molecular flexibility index (Phi) is 6.21. The molecule has 138 valence electrons. The first-order chi connectivity index (χ1) is 12.3. The Morgan fingerprint density at radius 1 is 1.00 bits per heavy atom. The number of anilines is 1. The van der Waals surface area contributed by atoms with Crippen LogP contribution in [0.2, 0.25) is 0 Å². The highest BCUT2D eigenvalue weighted by Gasteiger charge is 2.34. The smallest absolute Gasteiger partial charge is 0.418 e. The Bertz CT molecular complexity index is 774. The molecular formula is C18H17F3N2O3. The maximum atomic E-state index is 12.9. The number of hydrogen-bond donors (Lipinski definition) is 2. The van der Waals surface area contributed by atoms with Crippen LogP contribution in [-0.2, 0) is 22.3 Å². The number of rotatable bonds is 5. The van der Waals surface area contributed by atoms with Crippen molar-refractivity contribution in [2.24, 2.45) is 0 Å². The monoisotopic (exact) mass is 366 g/mol. The number of halogens is 3. The Morgan fingerprint density at radius 2 is 1.65 bits per heavy atom. The summed E-state index contributed by atoms with van der Waals surface area (Å²) < 4.78 is 44.0. The van der Waals surface area contributed by atoms with Crippen LogP contribution < -0.4 is 15.4 Å². The minimum atomic E-state index is -4.64. The van der Waals surface area contributed by atoms with Gasteiger partial charge in [0.25, 0.3) is 0 Å². The molecule has 2 amide bonds. The Balaban J connectivity index is 1.95. The van der Waals surface area contributed by atoms with E-state index in [2.05, 4.69) is 5.32 Å². The molecule has 2 aromatic carbocycles. The minimum absolute atomic E-state index is 0.0551. The molecule has 0 unspecified atom stereocenters. The van der Waals surface area contributed by atoms with E-state index < -0.39 is 29.2 Å². The summed E-state index contributed by atoms with van der Waals surface area (Å²) >= 11 is 0. The average molecular weight is 366 g/mol. The van der Waals surface area contributed by atoms with Gasteiger partial charge >= 0.3 is 18.0 Å². The fourth-order valence-electron chi connectivity index (χ4n) is 2.15. The third-order valence-electron chi connectivity index (χ3n) is 3.37. The Labute approximate surface area is 148 Å². The van der Waals surface area contributed by atoms with Gasteiger partial charge in [-0.15, -0.1) is 0 Å². The number of nitrogens with one attached hydrogen (secondary N) is 2. The van der Waals surface area contributed by atoms with Gasteiger partial charge in [-0.3, -0.25) is 9.59 Å². The van der Waals surface area contributed by atoms with Crippen LogP contribution in [-0.4, -0.2) is 18.4 Å². The summed E-state index contributed by atoms with van der Waals surface area (Å²) in [5.41, 5.74) is -0.779. The molecule has 0 spiro atoms. The minimum Gasteiger partial charge on any atom is -0.494 e. The second-order valence-corrected chi connectivity index (χ2v) is 5.26. The van der Waals surface area contributed by atoms with Crippen LogP contribution in [0.5, 0.6) is 5.75 Å². The zero-order valence-electron chi connectivity index (χ0n) is 13.9. The SMILES string of the molecule is CCOc1ccc(CNC(=O)C(=O)Nc2ccccc2C(F)(F)F)cc1. The molecule has 0 heterocycles. The van der Waals surface area contributed by atoms with Crippen LogP contribution in [0.3, 0.4) is 0 Å². The molecule has 2 rings (SSSR count). The summed E-state index contributed by atoms with van der Waals surface area (Å²) in [5, 5.41) is 4.34. The lowest BCUT2D eigenvalue weighted by Crippen LogP contribution is -2.35. The lowest BCUT2D eigenvalue weighted by Gasteiger charge is -2.13. The molecule has 8 heteroatoms. The van der Waals surface area contributed by atoms with Gasteiger partial charge in [0.05, 0.1) is 17.9 Å². The van der Waals surface area contributed by atoms with E-state index in [-0.39, 0.29) is 6.54 Å². The number of amides is 2. The molecule has 0 radical (unpaired) electrons. The van der Waals surface area contributed by atoms with Crippen molar-refractivity contribution < 1.29 is 27.5 Å². The number of para-hydroxylation sites is 1. The van der Waals surface area contributed by atoms with E-state index in [1.165, 1.54) is 12.1 Å². The zero-order chi connectivity index (χ0) is 19.2. The van der Waals surface area contributed by atoms with E-state index in [1.54, 1.807) is 24.3 Å². The summed E-state index contributed by atoms with van der Waals surface area (Å²) in [7, 11) is 0. The molecule has 0 saturated carbocycles. The zero-order valence-corrected chi connectivity index (χ0v) is 13.9. The van der Waals surface area contributed by atoms with Gasteiger partial charge < -0.3 is 15.4 Å². The lowest BCUT2D eigenvalue weighted by molar-refractivity contribution is -0.138. The van der Waals surface area contributed by atoms with E-state index in [1.807, 2.05) is 12.2 Å². The lowest BCUT2D eigenvalue weighted by atomic mass is 10.1. The normalized spacial score (nSPS) is 10.9. The largest absolute Gasteiger partial charge is 0.494 e.